The fourth-order valence-electron chi connectivity index (χ4n) is 3.43. The Labute approximate surface area is 140 Å². The maximum Gasteiger partial charge on any atom is 0.249 e. The van der Waals surface area contributed by atoms with Gasteiger partial charge in [0, 0.05) is 43.8 Å². The number of aromatic nitrogens is 2. The highest BCUT2D eigenvalue weighted by atomic mass is 19.3. The Morgan fingerprint density at radius 3 is 2.79 bits per heavy atom. The van der Waals surface area contributed by atoms with E-state index >= 15 is 0 Å². The normalized spacial score (nSPS) is 27.7. The number of aryl methyl sites for hydroxylation is 1. The van der Waals surface area contributed by atoms with Crippen LogP contribution in [0.15, 0.2) is 4.52 Å². The van der Waals surface area contributed by atoms with Crippen molar-refractivity contribution in [3.05, 3.63) is 11.7 Å². The zero-order valence-corrected chi connectivity index (χ0v) is 14.1. The molecule has 1 aliphatic carbocycles. The number of nitrogens with one attached hydrogen (secondary N) is 1. The van der Waals surface area contributed by atoms with Gasteiger partial charge in [-0.1, -0.05) is 12.1 Å². The van der Waals surface area contributed by atoms with Gasteiger partial charge in [0.1, 0.15) is 0 Å². The molecule has 1 saturated heterocycles. The molecule has 1 aliphatic heterocycles. The van der Waals surface area contributed by atoms with Crippen LogP contribution in [-0.4, -0.2) is 45.5 Å². The molecule has 8 heteroatoms. The smallest absolute Gasteiger partial charge is 0.249 e. The van der Waals surface area contributed by atoms with Crippen LogP contribution in [-0.2, 0) is 17.8 Å². The largest absolute Gasteiger partial charge is 0.353 e. The average molecular weight is 342 g/mol. The van der Waals surface area contributed by atoms with E-state index < -0.39 is 11.8 Å². The number of hydrogen-bond donors (Lipinski definition) is 1. The van der Waals surface area contributed by atoms with Crippen molar-refractivity contribution in [2.45, 2.75) is 70.5 Å². The van der Waals surface area contributed by atoms with E-state index in [2.05, 4.69) is 27.3 Å². The molecule has 1 amide bonds. The van der Waals surface area contributed by atoms with E-state index in [1.54, 1.807) is 0 Å². The van der Waals surface area contributed by atoms with E-state index in [4.69, 9.17) is 4.52 Å². The molecule has 24 heavy (non-hydrogen) atoms. The van der Waals surface area contributed by atoms with Crippen LogP contribution in [0.2, 0.25) is 0 Å². The molecule has 2 atom stereocenters. The van der Waals surface area contributed by atoms with Crippen molar-refractivity contribution >= 4 is 5.91 Å². The summed E-state index contributed by atoms with van der Waals surface area (Å²) in [6, 6.07) is 0.310. The molecule has 0 radical (unpaired) electrons. The summed E-state index contributed by atoms with van der Waals surface area (Å²) in [6.07, 6.45) is 1.69. The lowest BCUT2D eigenvalue weighted by Crippen LogP contribution is -2.52. The molecule has 0 spiro atoms. The van der Waals surface area contributed by atoms with Gasteiger partial charge in [0.25, 0.3) is 0 Å². The van der Waals surface area contributed by atoms with Crippen LogP contribution in [0.1, 0.15) is 51.2 Å². The zero-order chi connectivity index (χ0) is 17.3. The van der Waals surface area contributed by atoms with Gasteiger partial charge < -0.3 is 9.84 Å². The molecular weight excluding hydrogens is 318 g/mol. The van der Waals surface area contributed by atoms with Gasteiger partial charge in [-0.2, -0.15) is 4.98 Å². The summed E-state index contributed by atoms with van der Waals surface area (Å²) in [6.45, 7) is 5.49. The molecule has 2 heterocycles. The number of rotatable bonds is 5. The molecule has 1 aromatic rings. The molecule has 134 valence electrons. The van der Waals surface area contributed by atoms with Crippen molar-refractivity contribution in [2.75, 3.05) is 6.54 Å². The Balaban J connectivity index is 1.45. The number of alkyl halides is 2. The Morgan fingerprint density at radius 1 is 1.46 bits per heavy atom. The van der Waals surface area contributed by atoms with E-state index in [1.165, 1.54) is 0 Å². The van der Waals surface area contributed by atoms with E-state index in [1.807, 2.05) is 6.92 Å². The molecule has 6 nitrogen and oxygen atoms in total. The summed E-state index contributed by atoms with van der Waals surface area (Å²) in [4.78, 5) is 18.6. The van der Waals surface area contributed by atoms with Gasteiger partial charge in [-0.25, -0.2) is 8.78 Å². The SMILES string of the molecule is CCc1nc(CN2CC[C@H](NC(=O)C3CC(F)(F)C3)C[C@@H]2C)no1. The summed E-state index contributed by atoms with van der Waals surface area (Å²) >= 11 is 0. The minimum absolute atomic E-state index is 0.0504. The van der Waals surface area contributed by atoms with Crippen molar-refractivity contribution in [3.63, 3.8) is 0 Å². The van der Waals surface area contributed by atoms with E-state index in [-0.39, 0.29) is 30.8 Å². The number of carbonyl (C=O) groups excluding carboxylic acids is 1. The number of nitrogens with zero attached hydrogens (tertiary/aromatic N) is 3. The predicted molar refractivity (Wildman–Crippen MR) is 82.4 cm³/mol. The van der Waals surface area contributed by atoms with Gasteiger partial charge in [-0.3, -0.25) is 9.69 Å². The summed E-state index contributed by atoms with van der Waals surface area (Å²) in [5.74, 6) is -2.09. The third kappa shape index (κ3) is 3.91. The summed E-state index contributed by atoms with van der Waals surface area (Å²) in [7, 11) is 0. The fraction of sp³-hybridized carbons (Fsp3) is 0.812. The molecular formula is C16H24F2N4O2. The zero-order valence-electron chi connectivity index (χ0n) is 14.1. The maximum absolute atomic E-state index is 12.9. The molecule has 2 fully saturated rings. The number of hydrogen-bond acceptors (Lipinski definition) is 5. The first-order valence-corrected chi connectivity index (χ1v) is 8.60. The van der Waals surface area contributed by atoms with Crippen molar-refractivity contribution in [2.24, 2.45) is 5.92 Å². The quantitative estimate of drug-likeness (QED) is 0.888. The second-order valence-corrected chi connectivity index (χ2v) is 6.97. The van der Waals surface area contributed by atoms with E-state index in [0.717, 1.165) is 25.8 Å². The average Bonchev–Trinajstić information content (AvgIpc) is 2.95. The predicted octanol–water partition coefficient (Wildman–Crippen LogP) is 2.15. The Hall–Kier alpha value is -1.57. The molecule has 0 aromatic carbocycles. The van der Waals surface area contributed by atoms with Crippen LogP contribution in [0.5, 0.6) is 0 Å². The summed E-state index contributed by atoms with van der Waals surface area (Å²) in [5, 5.41) is 6.91. The van der Waals surface area contributed by atoms with Crippen LogP contribution < -0.4 is 5.32 Å². The third-order valence-electron chi connectivity index (χ3n) is 4.98. The lowest BCUT2D eigenvalue weighted by atomic mass is 9.80. The van der Waals surface area contributed by atoms with Crippen LogP contribution in [0, 0.1) is 5.92 Å². The molecule has 0 unspecified atom stereocenters. The van der Waals surface area contributed by atoms with E-state index in [0.29, 0.717) is 18.3 Å². The van der Waals surface area contributed by atoms with Gasteiger partial charge in [0.15, 0.2) is 5.82 Å². The fourth-order valence-corrected chi connectivity index (χ4v) is 3.43. The Kier molecular flexibility index (Phi) is 4.85. The highest BCUT2D eigenvalue weighted by Crippen LogP contribution is 2.42. The van der Waals surface area contributed by atoms with Gasteiger partial charge in [0.2, 0.25) is 17.7 Å². The number of halogens is 2. The number of likely N-dealkylation sites (tertiary alicyclic amines) is 1. The lowest BCUT2D eigenvalue weighted by molar-refractivity contribution is -0.151. The molecule has 1 aromatic heterocycles. The lowest BCUT2D eigenvalue weighted by Gasteiger charge is -2.39. The number of amides is 1. The second-order valence-electron chi connectivity index (χ2n) is 6.97. The van der Waals surface area contributed by atoms with Crippen LogP contribution in [0.25, 0.3) is 0 Å². The number of carbonyl (C=O) groups is 1. The molecule has 1 N–H and O–H groups in total. The maximum atomic E-state index is 12.9. The molecule has 3 rings (SSSR count). The van der Waals surface area contributed by atoms with Crippen molar-refractivity contribution in [1.82, 2.24) is 20.4 Å². The second kappa shape index (κ2) is 6.74. The van der Waals surface area contributed by atoms with Crippen molar-refractivity contribution in [1.29, 1.82) is 0 Å². The minimum atomic E-state index is -2.65. The first kappa shape index (κ1) is 17.3. The highest BCUT2D eigenvalue weighted by Gasteiger charge is 2.49. The first-order chi connectivity index (χ1) is 11.4. The van der Waals surface area contributed by atoms with Crippen LogP contribution in [0.3, 0.4) is 0 Å². The topological polar surface area (TPSA) is 71.3 Å². The third-order valence-corrected chi connectivity index (χ3v) is 4.98. The number of piperidine rings is 1. The van der Waals surface area contributed by atoms with Crippen LogP contribution in [0.4, 0.5) is 8.78 Å². The molecule has 0 bridgehead atoms. The summed E-state index contributed by atoms with van der Waals surface area (Å²) < 4.78 is 30.9. The van der Waals surface area contributed by atoms with Crippen molar-refractivity contribution < 1.29 is 18.1 Å². The van der Waals surface area contributed by atoms with Gasteiger partial charge in [0.05, 0.1) is 6.54 Å². The minimum Gasteiger partial charge on any atom is -0.353 e. The Bertz CT molecular complexity index is 584. The molecule has 1 saturated carbocycles. The molecule has 2 aliphatic rings. The monoisotopic (exact) mass is 342 g/mol. The summed E-state index contributed by atoms with van der Waals surface area (Å²) in [5.41, 5.74) is 0. The van der Waals surface area contributed by atoms with Crippen molar-refractivity contribution in [3.8, 4) is 0 Å². The highest BCUT2D eigenvalue weighted by molar-refractivity contribution is 5.80. The van der Waals surface area contributed by atoms with Crippen LogP contribution >= 0.6 is 0 Å². The standard InChI is InChI=1S/C16H24F2N4O2/c1-3-14-20-13(21-24-14)9-22-5-4-12(6-10(22)2)19-15(23)11-7-16(17,18)8-11/h10-12H,3-9H2,1-2H3,(H,19,23)/t10-,12-/m0/s1. The van der Waals surface area contributed by atoms with E-state index in [9.17, 15) is 13.6 Å². The van der Waals surface area contributed by atoms with Gasteiger partial charge in [-0.05, 0) is 19.8 Å². The van der Waals surface area contributed by atoms with Gasteiger partial charge >= 0.3 is 0 Å². The first-order valence-electron chi connectivity index (χ1n) is 8.60. The Morgan fingerprint density at radius 2 is 2.21 bits per heavy atom. The van der Waals surface area contributed by atoms with Gasteiger partial charge in [-0.15, -0.1) is 0 Å².